The molecule has 2 unspecified atom stereocenters. The molecule has 0 bridgehead atoms. The van der Waals surface area contributed by atoms with Gasteiger partial charge in [-0.25, -0.2) is 0 Å². The topological polar surface area (TPSA) is 55.1 Å². The highest BCUT2D eigenvalue weighted by Crippen LogP contribution is 2.50. The van der Waals surface area contributed by atoms with Crippen LogP contribution in [0.5, 0.6) is 0 Å². The van der Waals surface area contributed by atoms with Crippen LogP contribution in [0, 0.1) is 17.3 Å². The van der Waals surface area contributed by atoms with E-state index in [9.17, 15) is 4.79 Å². The van der Waals surface area contributed by atoms with E-state index in [2.05, 4.69) is 19.2 Å². The largest absolute Gasteiger partial charge is 0.356 e. The maximum atomic E-state index is 11.5. The van der Waals surface area contributed by atoms with Gasteiger partial charge in [0.15, 0.2) is 0 Å². The first-order chi connectivity index (χ1) is 6.99. The van der Waals surface area contributed by atoms with Crippen LogP contribution in [0.3, 0.4) is 0 Å². The second-order valence-corrected chi connectivity index (χ2v) is 5.90. The van der Waals surface area contributed by atoms with Crippen molar-refractivity contribution in [2.75, 3.05) is 6.54 Å². The Morgan fingerprint density at radius 1 is 1.53 bits per heavy atom. The third-order valence-corrected chi connectivity index (χ3v) is 3.91. The first kappa shape index (κ1) is 10.9. The predicted molar refractivity (Wildman–Crippen MR) is 60.2 cm³/mol. The molecule has 1 amide bonds. The Hall–Kier alpha value is -0.570. The maximum Gasteiger partial charge on any atom is 0.221 e. The van der Waals surface area contributed by atoms with Gasteiger partial charge in [0.2, 0.25) is 5.91 Å². The molecule has 2 atom stereocenters. The van der Waals surface area contributed by atoms with E-state index < -0.39 is 0 Å². The molecule has 3 heteroatoms. The molecule has 3 nitrogen and oxygen atoms in total. The number of amides is 1. The highest BCUT2D eigenvalue weighted by atomic mass is 16.1. The lowest BCUT2D eigenvalue weighted by molar-refractivity contribution is -0.121. The number of rotatable bonds is 5. The lowest BCUT2D eigenvalue weighted by atomic mass is 10.1. The zero-order chi connectivity index (χ0) is 11.1. The normalized spacial score (nSPS) is 29.7. The lowest BCUT2D eigenvalue weighted by Crippen LogP contribution is -2.34. The molecule has 2 saturated carbocycles. The monoisotopic (exact) mass is 210 g/mol. The number of nitrogens with two attached hydrogens (primary N) is 1. The van der Waals surface area contributed by atoms with Gasteiger partial charge in [-0.15, -0.1) is 0 Å². The average Bonchev–Trinajstić information content (AvgIpc) is 2.98. The SMILES string of the molecule is CC1(C)CC1CNC(=O)CC(N)C1CC1. The molecule has 0 saturated heterocycles. The summed E-state index contributed by atoms with van der Waals surface area (Å²) < 4.78 is 0. The summed E-state index contributed by atoms with van der Waals surface area (Å²) in [6.45, 7) is 5.34. The second kappa shape index (κ2) is 3.78. The van der Waals surface area contributed by atoms with E-state index >= 15 is 0 Å². The van der Waals surface area contributed by atoms with Gasteiger partial charge in [-0.1, -0.05) is 13.8 Å². The molecule has 0 heterocycles. The van der Waals surface area contributed by atoms with Crippen molar-refractivity contribution in [1.82, 2.24) is 5.32 Å². The minimum absolute atomic E-state index is 0.0946. The molecule has 0 aromatic heterocycles. The van der Waals surface area contributed by atoms with Crippen molar-refractivity contribution in [3.63, 3.8) is 0 Å². The zero-order valence-electron chi connectivity index (χ0n) is 9.75. The van der Waals surface area contributed by atoms with E-state index in [0.717, 1.165) is 6.54 Å². The van der Waals surface area contributed by atoms with Gasteiger partial charge in [0.05, 0.1) is 0 Å². The van der Waals surface area contributed by atoms with Gasteiger partial charge >= 0.3 is 0 Å². The molecule has 0 aromatic rings. The van der Waals surface area contributed by atoms with Crippen molar-refractivity contribution in [3.8, 4) is 0 Å². The molecule has 0 spiro atoms. The molecule has 2 aliphatic carbocycles. The van der Waals surface area contributed by atoms with Crippen LogP contribution in [0.4, 0.5) is 0 Å². The molecule has 2 aliphatic rings. The molecule has 15 heavy (non-hydrogen) atoms. The molecule has 0 aliphatic heterocycles. The van der Waals surface area contributed by atoms with E-state index in [-0.39, 0.29) is 11.9 Å². The Labute approximate surface area is 91.8 Å². The summed E-state index contributed by atoms with van der Waals surface area (Å²) in [5, 5.41) is 2.99. The standard InChI is InChI=1S/C12H22N2O/c1-12(2)6-9(12)7-14-11(15)5-10(13)8-3-4-8/h8-10H,3-7,13H2,1-2H3,(H,14,15). The smallest absolute Gasteiger partial charge is 0.221 e. The zero-order valence-corrected chi connectivity index (χ0v) is 9.75. The lowest BCUT2D eigenvalue weighted by Gasteiger charge is -2.10. The summed E-state index contributed by atoms with van der Waals surface area (Å²) in [4.78, 5) is 11.5. The fourth-order valence-electron chi connectivity index (χ4n) is 2.14. The van der Waals surface area contributed by atoms with Crippen LogP contribution in [0.25, 0.3) is 0 Å². The fraction of sp³-hybridized carbons (Fsp3) is 0.917. The van der Waals surface area contributed by atoms with E-state index in [1.54, 1.807) is 0 Å². The van der Waals surface area contributed by atoms with Gasteiger partial charge in [0.25, 0.3) is 0 Å². The van der Waals surface area contributed by atoms with E-state index in [0.29, 0.717) is 23.7 Å². The van der Waals surface area contributed by atoms with Gasteiger partial charge < -0.3 is 11.1 Å². The fourth-order valence-corrected chi connectivity index (χ4v) is 2.14. The van der Waals surface area contributed by atoms with Crippen molar-refractivity contribution in [2.24, 2.45) is 23.0 Å². The number of nitrogens with one attached hydrogen (secondary N) is 1. The highest BCUT2D eigenvalue weighted by Gasteiger charge is 2.45. The molecular formula is C12H22N2O. The Morgan fingerprint density at radius 2 is 2.13 bits per heavy atom. The van der Waals surface area contributed by atoms with Crippen LogP contribution >= 0.6 is 0 Å². The van der Waals surface area contributed by atoms with E-state index in [4.69, 9.17) is 5.73 Å². The van der Waals surface area contributed by atoms with Crippen molar-refractivity contribution in [2.45, 2.75) is 45.6 Å². The van der Waals surface area contributed by atoms with Gasteiger partial charge in [-0.2, -0.15) is 0 Å². The quantitative estimate of drug-likeness (QED) is 0.718. The highest BCUT2D eigenvalue weighted by molar-refractivity contribution is 5.76. The Balaban J connectivity index is 1.60. The summed E-state index contributed by atoms with van der Waals surface area (Å²) in [5.74, 6) is 1.43. The summed E-state index contributed by atoms with van der Waals surface area (Å²) in [7, 11) is 0. The van der Waals surface area contributed by atoms with Crippen LogP contribution in [0.15, 0.2) is 0 Å². The predicted octanol–water partition coefficient (Wildman–Crippen LogP) is 1.28. The molecule has 2 fully saturated rings. The summed E-state index contributed by atoms with van der Waals surface area (Å²) in [6, 6.07) is 0.0946. The Morgan fingerprint density at radius 3 is 2.60 bits per heavy atom. The summed E-state index contributed by atoms with van der Waals surface area (Å²) in [5.41, 5.74) is 6.34. The minimum Gasteiger partial charge on any atom is -0.356 e. The first-order valence-electron chi connectivity index (χ1n) is 6.01. The van der Waals surface area contributed by atoms with Gasteiger partial charge in [-0.3, -0.25) is 4.79 Å². The van der Waals surface area contributed by atoms with E-state index in [1.807, 2.05) is 0 Å². The van der Waals surface area contributed by atoms with Crippen LogP contribution < -0.4 is 11.1 Å². The average molecular weight is 210 g/mol. The maximum absolute atomic E-state index is 11.5. The molecule has 86 valence electrons. The van der Waals surface area contributed by atoms with Crippen molar-refractivity contribution in [3.05, 3.63) is 0 Å². The van der Waals surface area contributed by atoms with Crippen LogP contribution in [0.1, 0.15) is 39.5 Å². The van der Waals surface area contributed by atoms with Gasteiger partial charge in [0, 0.05) is 19.0 Å². The van der Waals surface area contributed by atoms with Gasteiger partial charge in [0.1, 0.15) is 0 Å². The number of hydrogen-bond acceptors (Lipinski definition) is 2. The van der Waals surface area contributed by atoms with Crippen molar-refractivity contribution in [1.29, 1.82) is 0 Å². The molecular weight excluding hydrogens is 188 g/mol. The van der Waals surface area contributed by atoms with Crippen LogP contribution in [0.2, 0.25) is 0 Å². The molecule has 0 aromatic carbocycles. The number of hydrogen-bond donors (Lipinski definition) is 2. The molecule has 0 radical (unpaired) electrons. The van der Waals surface area contributed by atoms with Crippen molar-refractivity contribution < 1.29 is 4.79 Å². The second-order valence-electron chi connectivity index (χ2n) is 5.90. The third-order valence-electron chi connectivity index (χ3n) is 3.91. The van der Waals surface area contributed by atoms with Crippen LogP contribution in [-0.2, 0) is 4.79 Å². The summed E-state index contributed by atoms with van der Waals surface area (Å²) in [6.07, 6.45) is 4.17. The van der Waals surface area contributed by atoms with Gasteiger partial charge in [-0.05, 0) is 36.5 Å². The Kier molecular flexibility index (Phi) is 2.75. The Bertz CT molecular complexity index is 258. The summed E-state index contributed by atoms with van der Waals surface area (Å²) >= 11 is 0. The molecule has 2 rings (SSSR count). The third kappa shape index (κ3) is 2.94. The molecule has 3 N–H and O–H groups in total. The number of carbonyl (C=O) groups excluding carboxylic acids is 1. The minimum atomic E-state index is 0.0946. The van der Waals surface area contributed by atoms with Crippen LogP contribution in [-0.4, -0.2) is 18.5 Å². The van der Waals surface area contributed by atoms with Crippen molar-refractivity contribution >= 4 is 5.91 Å². The first-order valence-corrected chi connectivity index (χ1v) is 6.01. The van der Waals surface area contributed by atoms with E-state index in [1.165, 1.54) is 19.3 Å². The number of carbonyl (C=O) groups is 1.